The molecule has 4 aliphatic heterocycles. The van der Waals surface area contributed by atoms with Crippen LogP contribution in [0.25, 0.3) is 0 Å². The Labute approximate surface area is 202 Å². The quantitative estimate of drug-likeness (QED) is 0.437. The molecular formula is C26H40O8. The molecule has 0 aliphatic carbocycles. The molecule has 0 N–H and O–H groups in total. The van der Waals surface area contributed by atoms with E-state index in [0.717, 1.165) is 18.4 Å². The summed E-state index contributed by atoms with van der Waals surface area (Å²) in [4.78, 5) is 24.9. The number of hydrogen-bond donors (Lipinski definition) is 0. The van der Waals surface area contributed by atoms with Gasteiger partial charge >= 0.3 is 5.97 Å². The number of Topliss-reactive ketones (excluding diaryl/α,β-unsaturated/α-hetero) is 1. The Morgan fingerprint density at radius 1 is 1.09 bits per heavy atom. The van der Waals surface area contributed by atoms with Crippen LogP contribution in [0.5, 0.6) is 0 Å². The van der Waals surface area contributed by atoms with Gasteiger partial charge in [-0.2, -0.15) is 0 Å². The van der Waals surface area contributed by atoms with Crippen LogP contribution in [-0.4, -0.2) is 74.0 Å². The van der Waals surface area contributed by atoms with Crippen molar-refractivity contribution in [1.82, 2.24) is 0 Å². The van der Waals surface area contributed by atoms with Gasteiger partial charge in [0.1, 0.15) is 6.10 Å². The van der Waals surface area contributed by atoms with Gasteiger partial charge in [-0.25, -0.2) is 0 Å². The number of carbonyl (C=O) groups excluding carboxylic acids is 2. The Hall–Kier alpha value is -1.32. The molecule has 4 rings (SSSR count). The second kappa shape index (κ2) is 10.3. The lowest BCUT2D eigenvalue weighted by molar-refractivity contribution is -0.274. The van der Waals surface area contributed by atoms with Crippen molar-refractivity contribution >= 4 is 11.8 Å². The van der Waals surface area contributed by atoms with E-state index >= 15 is 0 Å². The van der Waals surface area contributed by atoms with Gasteiger partial charge in [-0.15, -0.1) is 0 Å². The molecule has 4 heterocycles. The molecule has 0 saturated carbocycles. The third-order valence-electron chi connectivity index (χ3n) is 7.81. The topological polar surface area (TPSA) is 89.5 Å². The van der Waals surface area contributed by atoms with Crippen molar-refractivity contribution in [3.8, 4) is 0 Å². The van der Waals surface area contributed by atoms with E-state index in [2.05, 4.69) is 13.5 Å². The summed E-state index contributed by atoms with van der Waals surface area (Å²) in [6, 6.07) is 0. The highest BCUT2D eigenvalue weighted by atomic mass is 16.7. The Balaban J connectivity index is 1.42. The number of fused-ring (bicyclic) bond motifs is 2. The van der Waals surface area contributed by atoms with Crippen LogP contribution in [0.4, 0.5) is 0 Å². The van der Waals surface area contributed by atoms with Gasteiger partial charge in [0, 0.05) is 25.2 Å². The SMILES string of the molecule is C=C1C(C[C@@H]2O[C@H]3C[C@H]4OC(C)(C)OCC[C@H]4O[C@H]3[C@H](C)C2=O)OC(CCC(=O)OC)C[C@H]1C. The zero-order valence-corrected chi connectivity index (χ0v) is 21.1. The van der Waals surface area contributed by atoms with E-state index in [1.54, 1.807) is 0 Å². The van der Waals surface area contributed by atoms with Crippen LogP contribution < -0.4 is 0 Å². The summed E-state index contributed by atoms with van der Waals surface area (Å²) in [5, 5.41) is 0. The highest BCUT2D eigenvalue weighted by Gasteiger charge is 2.51. The minimum atomic E-state index is -0.672. The Morgan fingerprint density at radius 3 is 2.59 bits per heavy atom. The smallest absolute Gasteiger partial charge is 0.305 e. The van der Waals surface area contributed by atoms with Gasteiger partial charge in [0.05, 0.1) is 50.3 Å². The normalized spacial score (nSPS) is 42.3. The highest BCUT2D eigenvalue weighted by Crippen LogP contribution is 2.40. The van der Waals surface area contributed by atoms with Gasteiger partial charge in [-0.1, -0.05) is 20.4 Å². The minimum Gasteiger partial charge on any atom is -0.469 e. The lowest BCUT2D eigenvalue weighted by Crippen LogP contribution is -2.59. The molecule has 8 nitrogen and oxygen atoms in total. The number of rotatable bonds is 5. The molecule has 0 aromatic rings. The van der Waals surface area contributed by atoms with E-state index in [-0.39, 0.29) is 60.2 Å². The van der Waals surface area contributed by atoms with Crippen LogP contribution >= 0.6 is 0 Å². The molecule has 34 heavy (non-hydrogen) atoms. The number of esters is 1. The number of ether oxygens (including phenoxy) is 6. The molecule has 0 aromatic carbocycles. The van der Waals surface area contributed by atoms with Crippen LogP contribution in [0.2, 0.25) is 0 Å². The predicted octanol–water partition coefficient (Wildman–Crippen LogP) is 3.35. The molecule has 8 heteroatoms. The number of carbonyl (C=O) groups is 2. The van der Waals surface area contributed by atoms with Crippen molar-refractivity contribution in [3.63, 3.8) is 0 Å². The summed E-state index contributed by atoms with van der Waals surface area (Å²) < 4.78 is 35.8. The standard InChI is InChI=1S/C26H40O8/c1-14-11-17(7-8-23(27)29-6)31-19(15(14)2)12-21-24(28)16(3)25-22(32-21)13-20-18(33-25)9-10-30-26(4,5)34-20/h14,16-22,25H,2,7-13H2,1,3-6H3/t14-,16-,17?,18-,19?,20-,21+,22+,25+/m1/s1. The van der Waals surface area contributed by atoms with Crippen LogP contribution in [0, 0.1) is 11.8 Å². The first-order valence-corrected chi connectivity index (χ1v) is 12.6. The summed E-state index contributed by atoms with van der Waals surface area (Å²) in [7, 11) is 1.39. The number of hydrogen-bond acceptors (Lipinski definition) is 8. The Morgan fingerprint density at radius 2 is 1.85 bits per heavy atom. The van der Waals surface area contributed by atoms with Gasteiger partial charge in [-0.05, 0) is 44.6 Å². The van der Waals surface area contributed by atoms with Crippen molar-refractivity contribution in [2.75, 3.05) is 13.7 Å². The van der Waals surface area contributed by atoms with E-state index in [0.29, 0.717) is 32.3 Å². The zero-order valence-electron chi connectivity index (χ0n) is 21.1. The molecule has 0 radical (unpaired) electrons. The third kappa shape index (κ3) is 5.57. The van der Waals surface area contributed by atoms with Crippen molar-refractivity contribution in [3.05, 3.63) is 12.2 Å². The monoisotopic (exact) mass is 480 g/mol. The molecule has 4 aliphatic rings. The van der Waals surface area contributed by atoms with Gasteiger partial charge in [0.15, 0.2) is 11.6 Å². The van der Waals surface area contributed by atoms with Crippen molar-refractivity contribution in [1.29, 1.82) is 0 Å². The largest absolute Gasteiger partial charge is 0.469 e. The number of methoxy groups -OCH3 is 1. The molecule has 4 fully saturated rings. The second-order valence-electron chi connectivity index (χ2n) is 10.7. The lowest BCUT2D eigenvalue weighted by atomic mass is 9.80. The second-order valence-corrected chi connectivity index (χ2v) is 10.7. The first-order chi connectivity index (χ1) is 16.1. The van der Waals surface area contributed by atoms with E-state index in [1.165, 1.54) is 7.11 Å². The average molecular weight is 481 g/mol. The first kappa shape index (κ1) is 25.8. The fraction of sp³-hybridized carbons (Fsp3) is 0.846. The predicted molar refractivity (Wildman–Crippen MR) is 123 cm³/mol. The van der Waals surface area contributed by atoms with Gasteiger partial charge in [-0.3, -0.25) is 9.59 Å². The maximum atomic E-state index is 13.3. The maximum Gasteiger partial charge on any atom is 0.305 e. The van der Waals surface area contributed by atoms with Gasteiger partial charge < -0.3 is 28.4 Å². The summed E-state index contributed by atoms with van der Waals surface area (Å²) in [6.45, 7) is 12.7. The van der Waals surface area contributed by atoms with Crippen molar-refractivity contribution in [2.45, 2.75) is 115 Å². The zero-order chi connectivity index (χ0) is 24.6. The third-order valence-corrected chi connectivity index (χ3v) is 7.81. The summed E-state index contributed by atoms with van der Waals surface area (Å²) in [6.07, 6.45) is 1.85. The van der Waals surface area contributed by atoms with Crippen molar-refractivity contribution in [2.24, 2.45) is 11.8 Å². The van der Waals surface area contributed by atoms with E-state index in [4.69, 9.17) is 28.4 Å². The number of ketones is 1. The van der Waals surface area contributed by atoms with Crippen molar-refractivity contribution < 1.29 is 38.0 Å². The fourth-order valence-electron chi connectivity index (χ4n) is 5.77. The van der Waals surface area contributed by atoms with Crippen LogP contribution in [0.3, 0.4) is 0 Å². The molecule has 9 atom stereocenters. The summed E-state index contributed by atoms with van der Waals surface area (Å²) in [5.41, 5.74) is 0.978. The van der Waals surface area contributed by atoms with Gasteiger partial charge in [0.25, 0.3) is 0 Å². The van der Waals surface area contributed by atoms with Gasteiger partial charge in [0.2, 0.25) is 0 Å². The molecule has 192 valence electrons. The first-order valence-electron chi connectivity index (χ1n) is 12.6. The Bertz CT molecular complexity index is 779. The van der Waals surface area contributed by atoms with E-state index in [1.807, 2.05) is 20.8 Å². The van der Waals surface area contributed by atoms with Crippen LogP contribution in [-0.2, 0) is 38.0 Å². The molecular weight excluding hydrogens is 440 g/mol. The molecule has 0 spiro atoms. The highest BCUT2D eigenvalue weighted by molar-refractivity contribution is 5.86. The van der Waals surface area contributed by atoms with Crippen LogP contribution in [0.15, 0.2) is 12.2 Å². The molecule has 0 amide bonds. The molecule has 2 unspecified atom stereocenters. The maximum absolute atomic E-state index is 13.3. The fourth-order valence-corrected chi connectivity index (χ4v) is 5.77. The molecule has 4 saturated heterocycles. The lowest BCUT2D eigenvalue weighted by Gasteiger charge is -2.48. The van der Waals surface area contributed by atoms with E-state index in [9.17, 15) is 9.59 Å². The van der Waals surface area contributed by atoms with E-state index < -0.39 is 11.9 Å². The Kier molecular flexibility index (Phi) is 7.84. The molecule has 0 aromatic heterocycles. The molecule has 0 bridgehead atoms. The average Bonchev–Trinajstić information content (AvgIpc) is 2.93. The summed E-state index contributed by atoms with van der Waals surface area (Å²) >= 11 is 0. The minimum absolute atomic E-state index is 0.0477. The summed E-state index contributed by atoms with van der Waals surface area (Å²) in [5.74, 6) is -0.898. The van der Waals surface area contributed by atoms with Crippen LogP contribution in [0.1, 0.15) is 66.2 Å².